The zero-order chi connectivity index (χ0) is 18.1. The molecule has 26 heavy (non-hydrogen) atoms. The van der Waals surface area contributed by atoms with E-state index in [0.717, 1.165) is 20.8 Å². The van der Waals surface area contributed by atoms with Gasteiger partial charge in [0.15, 0.2) is 6.23 Å². The highest BCUT2D eigenvalue weighted by Crippen LogP contribution is 2.36. The van der Waals surface area contributed by atoms with E-state index in [1.54, 1.807) is 17.4 Å². The molecule has 1 unspecified atom stereocenters. The molecule has 2 N–H and O–H groups in total. The summed E-state index contributed by atoms with van der Waals surface area (Å²) in [5, 5.41) is 14.6. The highest BCUT2D eigenvalue weighted by molar-refractivity contribution is 7.21. The Balaban J connectivity index is 1.58. The van der Waals surface area contributed by atoms with Crippen molar-refractivity contribution >= 4 is 38.8 Å². The molecule has 0 amide bonds. The average molecular weight is 385 g/mol. The van der Waals surface area contributed by atoms with Gasteiger partial charge in [0.05, 0.1) is 15.2 Å². The summed E-state index contributed by atoms with van der Waals surface area (Å²) in [4.78, 5) is 4.62. The molecule has 0 saturated carbocycles. The Bertz CT molecular complexity index is 1030. The summed E-state index contributed by atoms with van der Waals surface area (Å²) in [6, 6.07) is 19.1. The van der Waals surface area contributed by atoms with E-state index in [2.05, 4.69) is 10.3 Å². The van der Waals surface area contributed by atoms with Crippen molar-refractivity contribution in [1.82, 2.24) is 4.98 Å². The molecule has 6 heteroatoms. The lowest BCUT2D eigenvalue weighted by atomic mass is 10.1. The van der Waals surface area contributed by atoms with E-state index in [4.69, 9.17) is 11.6 Å². The fourth-order valence-corrected chi connectivity index (χ4v) is 3.98. The van der Waals surface area contributed by atoms with Crippen LogP contribution in [0, 0.1) is 5.82 Å². The van der Waals surface area contributed by atoms with Crippen LogP contribution in [0.1, 0.15) is 11.8 Å². The minimum atomic E-state index is -0.958. The number of halogens is 2. The molecule has 4 rings (SSSR count). The molecule has 0 aliphatic heterocycles. The maximum atomic E-state index is 13.0. The molecule has 4 aromatic rings. The van der Waals surface area contributed by atoms with Crippen LogP contribution in [0.25, 0.3) is 20.8 Å². The van der Waals surface area contributed by atoms with E-state index in [9.17, 15) is 9.50 Å². The smallest absolute Gasteiger partial charge is 0.150 e. The van der Waals surface area contributed by atoms with Crippen LogP contribution in [0.4, 0.5) is 10.1 Å². The molecule has 3 aromatic carbocycles. The molecule has 0 aliphatic carbocycles. The predicted octanol–water partition coefficient (Wildman–Crippen LogP) is 5.86. The predicted molar refractivity (Wildman–Crippen MR) is 105 cm³/mol. The third-order valence-corrected chi connectivity index (χ3v) is 5.36. The van der Waals surface area contributed by atoms with Crippen molar-refractivity contribution in [2.24, 2.45) is 0 Å². The molecule has 1 aromatic heterocycles. The summed E-state index contributed by atoms with van der Waals surface area (Å²) >= 11 is 8.02. The van der Waals surface area contributed by atoms with E-state index in [0.29, 0.717) is 16.3 Å². The van der Waals surface area contributed by atoms with Crippen molar-refractivity contribution in [3.05, 3.63) is 83.1 Å². The minimum Gasteiger partial charge on any atom is -0.369 e. The number of para-hydroxylation sites is 1. The minimum absolute atomic E-state index is 0.343. The van der Waals surface area contributed by atoms with Crippen LogP contribution in [-0.4, -0.2) is 10.1 Å². The van der Waals surface area contributed by atoms with Gasteiger partial charge in [-0.2, -0.15) is 0 Å². The second-order valence-corrected chi connectivity index (χ2v) is 7.22. The summed E-state index contributed by atoms with van der Waals surface area (Å²) in [7, 11) is 0. The van der Waals surface area contributed by atoms with Gasteiger partial charge in [0, 0.05) is 16.8 Å². The van der Waals surface area contributed by atoms with Gasteiger partial charge in [0.1, 0.15) is 10.8 Å². The molecule has 0 radical (unpaired) electrons. The first-order valence-electron chi connectivity index (χ1n) is 7.96. The number of aromatic nitrogens is 1. The number of hydrogen-bond acceptors (Lipinski definition) is 4. The summed E-state index contributed by atoms with van der Waals surface area (Å²) in [5.41, 5.74) is 3.02. The number of aliphatic hydroxyl groups is 1. The summed E-state index contributed by atoms with van der Waals surface area (Å²) in [6.07, 6.45) is -0.958. The second-order valence-electron chi connectivity index (χ2n) is 5.78. The van der Waals surface area contributed by atoms with Crippen molar-refractivity contribution in [2.45, 2.75) is 6.23 Å². The quantitative estimate of drug-likeness (QED) is 0.433. The van der Waals surface area contributed by atoms with Crippen LogP contribution >= 0.6 is 22.9 Å². The first kappa shape index (κ1) is 17.0. The number of thiazole rings is 1. The van der Waals surface area contributed by atoms with E-state index >= 15 is 0 Å². The van der Waals surface area contributed by atoms with Gasteiger partial charge in [-0.05, 0) is 42.5 Å². The number of fused-ring (bicyclic) bond motifs is 1. The number of nitrogens with one attached hydrogen (secondary N) is 1. The number of rotatable bonds is 4. The third-order valence-electron chi connectivity index (χ3n) is 3.98. The van der Waals surface area contributed by atoms with Crippen LogP contribution in [0.3, 0.4) is 0 Å². The largest absolute Gasteiger partial charge is 0.369 e. The summed E-state index contributed by atoms with van der Waals surface area (Å²) in [6.45, 7) is 0. The van der Waals surface area contributed by atoms with Gasteiger partial charge < -0.3 is 10.4 Å². The number of hydrogen-bond donors (Lipinski definition) is 2. The zero-order valence-electron chi connectivity index (χ0n) is 13.5. The standard InChI is InChI=1S/C20H14ClFN2OS/c21-16-11-14(23-19(25)12-5-7-13(22)8-6-12)9-10-15(16)20-24-17-3-1-2-4-18(17)26-20/h1-11,19,23,25H. The number of benzene rings is 3. The highest BCUT2D eigenvalue weighted by Gasteiger charge is 2.12. The van der Waals surface area contributed by atoms with Gasteiger partial charge >= 0.3 is 0 Å². The van der Waals surface area contributed by atoms with E-state index in [1.807, 2.05) is 36.4 Å². The van der Waals surface area contributed by atoms with Gasteiger partial charge in [0.2, 0.25) is 0 Å². The lowest BCUT2D eigenvalue weighted by Crippen LogP contribution is -2.09. The molecule has 0 saturated heterocycles. The zero-order valence-corrected chi connectivity index (χ0v) is 15.1. The molecule has 130 valence electrons. The highest BCUT2D eigenvalue weighted by atomic mass is 35.5. The van der Waals surface area contributed by atoms with Crippen molar-refractivity contribution in [3.63, 3.8) is 0 Å². The number of nitrogens with zero attached hydrogens (tertiary/aromatic N) is 1. The van der Waals surface area contributed by atoms with E-state index < -0.39 is 6.23 Å². The molecule has 0 spiro atoms. The van der Waals surface area contributed by atoms with Crippen LogP contribution in [0.15, 0.2) is 66.7 Å². The van der Waals surface area contributed by atoms with Gasteiger partial charge in [0.25, 0.3) is 0 Å². The van der Waals surface area contributed by atoms with Crippen molar-refractivity contribution < 1.29 is 9.50 Å². The normalized spacial score (nSPS) is 12.3. The Hall–Kier alpha value is -2.47. The van der Waals surface area contributed by atoms with Crippen molar-refractivity contribution in [1.29, 1.82) is 0 Å². The van der Waals surface area contributed by atoms with E-state index in [1.165, 1.54) is 24.3 Å². The fourth-order valence-electron chi connectivity index (χ4n) is 2.65. The van der Waals surface area contributed by atoms with Crippen LogP contribution in [-0.2, 0) is 0 Å². The molecular formula is C20H14ClFN2OS. The topological polar surface area (TPSA) is 45.1 Å². The number of anilines is 1. The monoisotopic (exact) mass is 384 g/mol. The van der Waals surface area contributed by atoms with Gasteiger partial charge in [-0.25, -0.2) is 9.37 Å². The molecule has 0 fully saturated rings. The maximum Gasteiger partial charge on any atom is 0.150 e. The third kappa shape index (κ3) is 3.42. The van der Waals surface area contributed by atoms with Gasteiger partial charge in [-0.1, -0.05) is 35.9 Å². The molecule has 1 atom stereocenters. The Morgan fingerprint density at radius 1 is 1.04 bits per heavy atom. The van der Waals surface area contributed by atoms with Crippen LogP contribution in [0.2, 0.25) is 5.02 Å². The van der Waals surface area contributed by atoms with E-state index in [-0.39, 0.29) is 5.82 Å². The van der Waals surface area contributed by atoms with Crippen LogP contribution < -0.4 is 5.32 Å². The summed E-state index contributed by atoms with van der Waals surface area (Å²) < 4.78 is 14.1. The Morgan fingerprint density at radius 2 is 1.81 bits per heavy atom. The second kappa shape index (κ2) is 7.03. The number of aliphatic hydroxyl groups excluding tert-OH is 1. The SMILES string of the molecule is OC(Nc1ccc(-c2nc3ccccc3s2)c(Cl)c1)c1ccc(F)cc1. The Kier molecular flexibility index (Phi) is 4.59. The first-order valence-corrected chi connectivity index (χ1v) is 9.15. The molecule has 0 bridgehead atoms. The first-order chi connectivity index (χ1) is 12.6. The fraction of sp³-hybridized carbons (Fsp3) is 0.0500. The van der Waals surface area contributed by atoms with Crippen molar-refractivity contribution in [2.75, 3.05) is 5.32 Å². The molecule has 1 heterocycles. The Morgan fingerprint density at radius 3 is 2.54 bits per heavy atom. The molecule has 3 nitrogen and oxygen atoms in total. The lowest BCUT2D eigenvalue weighted by Gasteiger charge is -2.15. The lowest BCUT2D eigenvalue weighted by molar-refractivity contribution is 0.208. The van der Waals surface area contributed by atoms with Gasteiger partial charge in [-0.15, -0.1) is 11.3 Å². The van der Waals surface area contributed by atoms with Crippen molar-refractivity contribution in [3.8, 4) is 10.6 Å². The Labute approximate surface area is 158 Å². The molecule has 0 aliphatic rings. The summed E-state index contributed by atoms with van der Waals surface area (Å²) in [5.74, 6) is -0.343. The van der Waals surface area contributed by atoms with Gasteiger partial charge in [-0.3, -0.25) is 0 Å². The average Bonchev–Trinajstić information content (AvgIpc) is 3.06. The van der Waals surface area contributed by atoms with Crippen LogP contribution in [0.5, 0.6) is 0 Å². The maximum absolute atomic E-state index is 13.0. The molecular weight excluding hydrogens is 371 g/mol.